The quantitative estimate of drug-likeness (QED) is 0.870. The summed E-state index contributed by atoms with van der Waals surface area (Å²) in [6, 6.07) is 16.6. The van der Waals surface area contributed by atoms with Crippen molar-refractivity contribution in [2.45, 2.75) is 26.3 Å². The molecule has 100 valence electrons. The number of rotatable bonds is 4. The first kappa shape index (κ1) is 14.1. The molecule has 1 unspecified atom stereocenters. The maximum Gasteiger partial charge on any atom is 0.0484 e. The Morgan fingerprint density at radius 1 is 1.00 bits per heavy atom. The summed E-state index contributed by atoms with van der Waals surface area (Å²) in [5.41, 5.74) is 9.59. The Bertz CT molecular complexity index is 531. The molecule has 0 radical (unpaired) electrons. The van der Waals surface area contributed by atoms with Gasteiger partial charge in [0.15, 0.2) is 0 Å². The molecule has 1 atom stereocenters. The van der Waals surface area contributed by atoms with Gasteiger partial charge in [0, 0.05) is 16.6 Å². The van der Waals surface area contributed by atoms with E-state index in [4.69, 9.17) is 17.3 Å². The van der Waals surface area contributed by atoms with Crippen molar-refractivity contribution in [2.75, 3.05) is 0 Å². The minimum absolute atomic E-state index is 0.214. The van der Waals surface area contributed by atoms with Gasteiger partial charge in [-0.3, -0.25) is 0 Å². The van der Waals surface area contributed by atoms with E-state index in [-0.39, 0.29) is 6.04 Å². The first-order chi connectivity index (χ1) is 9.08. The summed E-state index contributed by atoms with van der Waals surface area (Å²) in [6.45, 7) is 4.31. The molecule has 0 saturated heterocycles. The Morgan fingerprint density at radius 3 is 2.21 bits per heavy atom. The molecule has 0 aliphatic heterocycles. The van der Waals surface area contributed by atoms with E-state index >= 15 is 0 Å². The fourth-order valence-corrected chi connectivity index (χ4v) is 2.27. The molecule has 2 rings (SSSR count). The summed E-state index contributed by atoms with van der Waals surface area (Å²) in [6.07, 6.45) is 0.917. The Labute approximate surface area is 120 Å². The minimum atomic E-state index is 0.214. The lowest BCUT2D eigenvalue weighted by Gasteiger charge is -2.15. The van der Waals surface area contributed by atoms with E-state index in [0.29, 0.717) is 5.92 Å². The van der Waals surface area contributed by atoms with Crippen LogP contribution in [0.2, 0.25) is 5.02 Å². The predicted octanol–water partition coefficient (Wildman–Crippen LogP) is 4.53. The largest absolute Gasteiger partial charge is 0.327 e. The third-order valence-electron chi connectivity index (χ3n) is 3.47. The average molecular weight is 274 g/mol. The monoisotopic (exact) mass is 273 g/mol. The fourth-order valence-electron chi connectivity index (χ4n) is 2.02. The van der Waals surface area contributed by atoms with Crippen LogP contribution in [0, 0.1) is 5.92 Å². The summed E-state index contributed by atoms with van der Waals surface area (Å²) < 4.78 is 0. The molecule has 0 spiro atoms. The second-order valence-corrected chi connectivity index (χ2v) is 5.70. The highest BCUT2D eigenvalue weighted by Crippen LogP contribution is 2.27. The molecule has 2 N–H and O–H groups in total. The van der Waals surface area contributed by atoms with Crippen LogP contribution in [0.3, 0.4) is 0 Å². The molecule has 0 amide bonds. The molecule has 0 bridgehead atoms. The van der Waals surface area contributed by atoms with E-state index in [0.717, 1.165) is 22.6 Å². The minimum Gasteiger partial charge on any atom is -0.327 e. The van der Waals surface area contributed by atoms with Crippen LogP contribution in [-0.4, -0.2) is 6.04 Å². The van der Waals surface area contributed by atoms with Crippen LogP contribution in [0.1, 0.15) is 19.4 Å². The molecule has 19 heavy (non-hydrogen) atoms. The van der Waals surface area contributed by atoms with Gasteiger partial charge in [-0.15, -0.1) is 0 Å². The third-order valence-corrected chi connectivity index (χ3v) is 3.80. The number of hydrogen-bond acceptors (Lipinski definition) is 1. The maximum atomic E-state index is 6.20. The number of nitrogens with two attached hydrogens (primary N) is 1. The Kier molecular flexibility index (Phi) is 4.62. The highest BCUT2D eigenvalue weighted by molar-refractivity contribution is 6.33. The van der Waals surface area contributed by atoms with Crippen molar-refractivity contribution >= 4 is 11.6 Å². The zero-order valence-electron chi connectivity index (χ0n) is 11.4. The van der Waals surface area contributed by atoms with E-state index in [1.165, 1.54) is 5.56 Å². The molecule has 0 aliphatic rings. The standard InChI is InChI=1S/C17H20ClN/c1-12(2)17(19)11-13-7-9-14(10-8-13)15-5-3-4-6-16(15)18/h3-10,12,17H,11,19H2,1-2H3. The molecule has 0 aromatic heterocycles. The Morgan fingerprint density at radius 2 is 1.63 bits per heavy atom. The van der Waals surface area contributed by atoms with E-state index in [2.05, 4.69) is 38.1 Å². The molecule has 0 aliphatic carbocycles. The van der Waals surface area contributed by atoms with Gasteiger partial charge in [0.25, 0.3) is 0 Å². The van der Waals surface area contributed by atoms with Gasteiger partial charge < -0.3 is 5.73 Å². The second kappa shape index (κ2) is 6.23. The SMILES string of the molecule is CC(C)C(N)Cc1ccc(-c2ccccc2Cl)cc1. The van der Waals surface area contributed by atoms with Crippen LogP contribution in [0.5, 0.6) is 0 Å². The van der Waals surface area contributed by atoms with Gasteiger partial charge in [-0.25, -0.2) is 0 Å². The molecular weight excluding hydrogens is 254 g/mol. The lowest BCUT2D eigenvalue weighted by atomic mass is 9.96. The van der Waals surface area contributed by atoms with Crippen LogP contribution in [0.15, 0.2) is 48.5 Å². The summed E-state index contributed by atoms with van der Waals surface area (Å²) >= 11 is 6.20. The lowest BCUT2D eigenvalue weighted by Crippen LogP contribution is -2.28. The fraction of sp³-hybridized carbons (Fsp3) is 0.294. The van der Waals surface area contributed by atoms with Crippen molar-refractivity contribution in [2.24, 2.45) is 11.7 Å². The van der Waals surface area contributed by atoms with Crippen molar-refractivity contribution in [1.82, 2.24) is 0 Å². The number of halogens is 1. The van der Waals surface area contributed by atoms with Crippen molar-refractivity contribution in [3.05, 3.63) is 59.1 Å². The zero-order valence-corrected chi connectivity index (χ0v) is 12.2. The number of hydrogen-bond donors (Lipinski definition) is 1. The molecule has 0 saturated carbocycles. The van der Waals surface area contributed by atoms with Crippen molar-refractivity contribution < 1.29 is 0 Å². The molecule has 1 nitrogen and oxygen atoms in total. The smallest absolute Gasteiger partial charge is 0.0484 e. The summed E-state index contributed by atoms with van der Waals surface area (Å²) in [5.74, 6) is 0.503. The molecule has 0 heterocycles. The van der Waals surface area contributed by atoms with E-state index in [9.17, 15) is 0 Å². The first-order valence-electron chi connectivity index (χ1n) is 6.67. The highest BCUT2D eigenvalue weighted by atomic mass is 35.5. The highest BCUT2D eigenvalue weighted by Gasteiger charge is 2.09. The van der Waals surface area contributed by atoms with Crippen LogP contribution in [0.4, 0.5) is 0 Å². The van der Waals surface area contributed by atoms with Gasteiger partial charge in [0.05, 0.1) is 0 Å². The van der Waals surface area contributed by atoms with Gasteiger partial charge in [-0.2, -0.15) is 0 Å². The molecule has 2 heteroatoms. The second-order valence-electron chi connectivity index (χ2n) is 5.29. The topological polar surface area (TPSA) is 26.0 Å². The van der Waals surface area contributed by atoms with Gasteiger partial charge >= 0.3 is 0 Å². The third kappa shape index (κ3) is 3.59. The predicted molar refractivity (Wildman–Crippen MR) is 83.4 cm³/mol. The van der Waals surface area contributed by atoms with Crippen LogP contribution >= 0.6 is 11.6 Å². The number of benzene rings is 2. The molecule has 2 aromatic carbocycles. The van der Waals surface area contributed by atoms with Crippen molar-refractivity contribution in [1.29, 1.82) is 0 Å². The van der Waals surface area contributed by atoms with Gasteiger partial charge in [-0.05, 0) is 29.5 Å². The van der Waals surface area contributed by atoms with Crippen molar-refractivity contribution in [3.8, 4) is 11.1 Å². The normalized spacial score (nSPS) is 12.7. The lowest BCUT2D eigenvalue weighted by molar-refractivity contribution is 0.490. The molecular formula is C17H20ClN. The van der Waals surface area contributed by atoms with Crippen LogP contribution in [-0.2, 0) is 6.42 Å². The summed E-state index contributed by atoms with van der Waals surface area (Å²) in [7, 11) is 0. The van der Waals surface area contributed by atoms with Gasteiger partial charge in [0.1, 0.15) is 0 Å². The summed E-state index contributed by atoms with van der Waals surface area (Å²) in [5, 5.41) is 0.786. The van der Waals surface area contributed by atoms with E-state index in [1.807, 2.05) is 24.3 Å². The average Bonchev–Trinajstić information content (AvgIpc) is 2.40. The van der Waals surface area contributed by atoms with Gasteiger partial charge in [0.2, 0.25) is 0 Å². The maximum absolute atomic E-state index is 6.20. The Hall–Kier alpha value is -1.31. The van der Waals surface area contributed by atoms with Crippen LogP contribution in [0.25, 0.3) is 11.1 Å². The zero-order chi connectivity index (χ0) is 13.8. The van der Waals surface area contributed by atoms with Crippen LogP contribution < -0.4 is 5.73 Å². The van der Waals surface area contributed by atoms with E-state index < -0.39 is 0 Å². The summed E-state index contributed by atoms with van der Waals surface area (Å²) in [4.78, 5) is 0. The van der Waals surface area contributed by atoms with Gasteiger partial charge in [-0.1, -0.05) is 67.9 Å². The Balaban J connectivity index is 2.17. The van der Waals surface area contributed by atoms with Crippen molar-refractivity contribution in [3.63, 3.8) is 0 Å². The molecule has 0 fully saturated rings. The van der Waals surface area contributed by atoms with E-state index in [1.54, 1.807) is 0 Å². The molecule has 2 aromatic rings. The first-order valence-corrected chi connectivity index (χ1v) is 7.05.